The van der Waals surface area contributed by atoms with E-state index in [-0.39, 0.29) is 11.9 Å². The fourth-order valence-electron chi connectivity index (χ4n) is 1.17. The first-order valence-corrected chi connectivity index (χ1v) is 3.33. The van der Waals surface area contributed by atoms with Crippen LogP contribution in [0.2, 0.25) is 0 Å². The average Bonchev–Trinajstić information content (AvgIpc) is 2.18. The highest BCUT2D eigenvalue weighted by molar-refractivity contribution is 5.84. The molecule has 2 atom stereocenters. The van der Waals surface area contributed by atoms with Gasteiger partial charge in [-0.05, 0) is 0 Å². The van der Waals surface area contributed by atoms with E-state index in [1.54, 1.807) is 0 Å². The summed E-state index contributed by atoms with van der Waals surface area (Å²) in [6, 6.07) is 0. The van der Waals surface area contributed by atoms with Crippen LogP contribution in [0.5, 0.6) is 0 Å². The number of hydrogen-bond acceptors (Lipinski definition) is 3. The minimum atomic E-state index is -0.583. The molecule has 54 valence electrons. The maximum absolute atomic E-state index is 10.9. The lowest BCUT2D eigenvalue weighted by Gasteiger charge is -2.05. The van der Waals surface area contributed by atoms with E-state index in [9.17, 15) is 4.79 Å². The molecular weight excluding hydrogens is 132 g/mol. The molecule has 2 aliphatic rings. The third-order valence-electron chi connectivity index (χ3n) is 1.66. The van der Waals surface area contributed by atoms with E-state index in [1.807, 2.05) is 12.2 Å². The highest BCUT2D eigenvalue weighted by Gasteiger charge is 2.33. The van der Waals surface area contributed by atoms with Crippen molar-refractivity contribution in [1.29, 1.82) is 0 Å². The van der Waals surface area contributed by atoms with Crippen molar-refractivity contribution in [2.24, 2.45) is 0 Å². The molecule has 0 amide bonds. The van der Waals surface area contributed by atoms with Crippen LogP contribution in [0, 0.1) is 0 Å². The number of ketones is 1. The number of hydrogen-bond donors (Lipinski definition) is 0. The van der Waals surface area contributed by atoms with Crippen LogP contribution in [0.3, 0.4) is 0 Å². The van der Waals surface area contributed by atoms with Crippen molar-refractivity contribution in [3.05, 3.63) is 12.2 Å². The molecule has 2 aliphatic heterocycles. The zero-order valence-electron chi connectivity index (χ0n) is 5.45. The van der Waals surface area contributed by atoms with Gasteiger partial charge >= 0.3 is 0 Å². The summed E-state index contributed by atoms with van der Waals surface area (Å²) in [6.07, 6.45) is 3.63. The summed E-state index contributed by atoms with van der Waals surface area (Å²) >= 11 is 0. The smallest absolute Gasteiger partial charge is 0.218 e. The van der Waals surface area contributed by atoms with E-state index in [1.165, 1.54) is 0 Å². The molecule has 0 aromatic heterocycles. The molecule has 1 fully saturated rings. The van der Waals surface area contributed by atoms with E-state index < -0.39 is 6.29 Å². The molecule has 0 radical (unpaired) electrons. The summed E-state index contributed by atoms with van der Waals surface area (Å²) in [5.41, 5.74) is 0. The number of Topliss-reactive ketones (excluding diaryl/α,β-unsaturated/α-hetero) is 1. The fourth-order valence-corrected chi connectivity index (χ4v) is 1.17. The minimum Gasteiger partial charge on any atom is -0.342 e. The molecule has 0 aromatic carbocycles. The number of carbonyl (C=O) groups excluding carboxylic acids is 1. The second-order valence-corrected chi connectivity index (χ2v) is 2.44. The zero-order chi connectivity index (χ0) is 6.97. The Bertz CT molecular complexity index is 185. The Kier molecular flexibility index (Phi) is 1.32. The first-order valence-electron chi connectivity index (χ1n) is 3.33. The first kappa shape index (κ1) is 6.07. The summed E-state index contributed by atoms with van der Waals surface area (Å²) < 4.78 is 10.2. The summed E-state index contributed by atoms with van der Waals surface area (Å²) in [5.74, 6) is 0.0642. The quantitative estimate of drug-likeness (QED) is 0.453. The molecule has 0 N–H and O–H groups in total. The summed E-state index contributed by atoms with van der Waals surface area (Å²) in [5, 5.41) is 0. The Labute approximate surface area is 58.6 Å². The highest BCUT2D eigenvalue weighted by atomic mass is 16.7. The van der Waals surface area contributed by atoms with Crippen LogP contribution in [0.15, 0.2) is 12.2 Å². The molecule has 3 nitrogen and oxygen atoms in total. The Hall–Kier alpha value is -0.670. The van der Waals surface area contributed by atoms with E-state index in [0.717, 1.165) is 0 Å². The van der Waals surface area contributed by atoms with Gasteiger partial charge in [0.2, 0.25) is 6.29 Å². The zero-order valence-corrected chi connectivity index (χ0v) is 5.45. The van der Waals surface area contributed by atoms with Crippen molar-refractivity contribution in [3.8, 4) is 0 Å². The number of ether oxygens (including phenoxy) is 2. The predicted molar refractivity (Wildman–Crippen MR) is 33.4 cm³/mol. The van der Waals surface area contributed by atoms with Gasteiger partial charge in [-0.2, -0.15) is 0 Å². The van der Waals surface area contributed by atoms with Crippen LogP contribution in [-0.2, 0) is 14.3 Å². The highest BCUT2D eigenvalue weighted by Crippen LogP contribution is 2.20. The van der Waals surface area contributed by atoms with E-state index in [4.69, 9.17) is 9.47 Å². The molecule has 0 aliphatic carbocycles. The Morgan fingerprint density at radius 2 is 2.50 bits per heavy atom. The third kappa shape index (κ3) is 0.874. The van der Waals surface area contributed by atoms with Gasteiger partial charge in [0.05, 0.1) is 12.7 Å². The first-order chi connectivity index (χ1) is 4.86. The molecule has 2 rings (SSSR count). The topological polar surface area (TPSA) is 35.5 Å². The second-order valence-electron chi connectivity index (χ2n) is 2.44. The van der Waals surface area contributed by atoms with Gasteiger partial charge in [-0.3, -0.25) is 4.79 Å². The van der Waals surface area contributed by atoms with Gasteiger partial charge in [0.25, 0.3) is 0 Å². The molecule has 2 heterocycles. The van der Waals surface area contributed by atoms with Crippen LogP contribution >= 0.6 is 0 Å². The summed E-state index contributed by atoms with van der Waals surface area (Å²) in [6.45, 7) is 0.493. The molecule has 2 bridgehead atoms. The van der Waals surface area contributed by atoms with Crippen molar-refractivity contribution >= 4 is 5.78 Å². The van der Waals surface area contributed by atoms with Gasteiger partial charge < -0.3 is 9.47 Å². The number of rotatable bonds is 0. The Morgan fingerprint density at radius 1 is 1.60 bits per heavy atom. The van der Waals surface area contributed by atoms with Gasteiger partial charge in [-0.15, -0.1) is 0 Å². The summed E-state index contributed by atoms with van der Waals surface area (Å²) in [4.78, 5) is 10.9. The predicted octanol–water partition coefficient (Wildman–Crippen LogP) is 0.257. The van der Waals surface area contributed by atoms with Crippen LogP contribution < -0.4 is 0 Å². The standard InChI is InChI=1S/C7H8O3/c8-6-4-5-2-1-3-9-7(6)10-5/h1-2,5,7H,3-4H2/t5-,7-/m1/s1. The van der Waals surface area contributed by atoms with Gasteiger partial charge in [0, 0.05) is 6.42 Å². The van der Waals surface area contributed by atoms with Crippen molar-refractivity contribution in [3.63, 3.8) is 0 Å². The normalized spacial score (nSPS) is 38.2. The van der Waals surface area contributed by atoms with Crippen molar-refractivity contribution in [2.75, 3.05) is 6.61 Å². The van der Waals surface area contributed by atoms with Crippen LogP contribution in [0.25, 0.3) is 0 Å². The van der Waals surface area contributed by atoms with Gasteiger partial charge in [0.1, 0.15) is 0 Å². The monoisotopic (exact) mass is 140 g/mol. The molecule has 0 saturated carbocycles. The van der Waals surface area contributed by atoms with Gasteiger partial charge in [0.15, 0.2) is 5.78 Å². The largest absolute Gasteiger partial charge is 0.342 e. The molecule has 3 heteroatoms. The van der Waals surface area contributed by atoms with Crippen molar-refractivity contribution in [2.45, 2.75) is 18.8 Å². The van der Waals surface area contributed by atoms with Crippen molar-refractivity contribution < 1.29 is 14.3 Å². The Balaban J connectivity index is 2.19. The van der Waals surface area contributed by atoms with Crippen LogP contribution in [0.1, 0.15) is 6.42 Å². The Morgan fingerprint density at radius 3 is 3.40 bits per heavy atom. The molecule has 10 heavy (non-hydrogen) atoms. The molecule has 0 spiro atoms. The van der Waals surface area contributed by atoms with E-state index >= 15 is 0 Å². The molecular formula is C7H8O3. The lowest BCUT2D eigenvalue weighted by atomic mass is 10.2. The lowest BCUT2D eigenvalue weighted by Crippen LogP contribution is -2.18. The SMILES string of the molecule is O=C1C[C@H]2C=CCO[C@@H]1O2. The van der Waals surface area contributed by atoms with Gasteiger partial charge in [-0.1, -0.05) is 12.2 Å². The van der Waals surface area contributed by atoms with Gasteiger partial charge in [-0.25, -0.2) is 0 Å². The van der Waals surface area contributed by atoms with E-state index in [0.29, 0.717) is 13.0 Å². The molecule has 1 saturated heterocycles. The lowest BCUT2D eigenvalue weighted by molar-refractivity contribution is -0.150. The maximum atomic E-state index is 10.9. The molecule has 0 unspecified atom stereocenters. The minimum absolute atomic E-state index is 0.0278. The summed E-state index contributed by atoms with van der Waals surface area (Å²) in [7, 11) is 0. The molecule has 0 aromatic rings. The number of fused-ring (bicyclic) bond motifs is 2. The van der Waals surface area contributed by atoms with Crippen LogP contribution in [-0.4, -0.2) is 24.8 Å². The third-order valence-corrected chi connectivity index (χ3v) is 1.66. The average molecular weight is 140 g/mol. The maximum Gasteiger partial charge on any atom is 0.218 e. The van der Waals surface area contributed by atoms with Crippen molar-refractivity contribution in [1.82, 2.24) is 0 Å². The second kappa shape index (κ2) is 2.18. The van der Waals surface area contributed by atoms with Crippen LogP contribution in [0.4, 0.5) is 0 Å². The van der Waals surface area contributed by atoms with E-state index in [2.05, 4.69) is 0 Å². The number of carbonyl (C=O) groups is 1. The fraction of sp³-hybridized carbons (Fsp3) is 0.571.